The second-order valence-electron chi connectivity index (χ2n) is 4.68. The van der Waals surface area contributed by atoms with E-state index in [1.54, 1.807) is 6.20 Å². The van der Waals surface area contributed by atoms with Gasteiger partial charge < -0.3 is 5.32 Å². The number of aromatic nitrogens is 4. The second kappa shape index (κ2) is 6.62. The average Bonchev–Trinajstić information content (AvgIpc) is 3.07. The van der Waals surface area contributed by atoms with Gasteiger partial charge in [-0.25, -0.2) is 0 Å². The van der Waals surface area contributed by atoms with Crippen LogP contribution in [-0.4, -0.2) is 32.4 Å². The van der Waals surface area contributed by atoms with Crippen molar-refractivity contribution >= 4 is 5.91 Å². The zero-order chi connectivity index (χ0) is 15.2. The average molecular weight is 293 g/mol. The molecule has 0 unspecified atom stereocenters. The Labute approximate surface area is 127 Å². The molecule has 1 amide bonds. The third-order valence-electron chi connectivity index (χ3n) is 3.10. The smallest absolute Gasteiger partial charge is 0.273 e. The molecule has 0 aliphatic rings. The molecule has 6 heteroatoms. The Bertz CT molecular complexity index is 739. The summed E-state index contributed by atoms with van der Waals surface area (Å²) in [5.74, 6) is -0.238. The molecule has 0 spiro atoms. The molecule has 3 aromatic rings. The summed E-state index contributed by atoms with van der Waals surface area (Å²) in [6.45, 7) is 0.508. The molecule has 0 bridgehead atoms. The van der Waals surface area contributed by atoms with Crippen LogP contribution in [0.4, 0.5) is 0 Å². The molecular formula is C16H15N5O. The maximum Gasteiger partial charge on any atom is 0.273 e. The summed E-state index contributed by atoms with van der Waals surface area (Å²) in [5, 5.41) is 11.1. The predicted octanol–water partition coefficient (Wildman–Crippen LogP) is 1.63. The van der Waals surface area contributed by atoms with Crippen molar-refractivity contribution in [3.63, 3.8) is 0 Å². The lowest BCUT2D eigenvalue weighted by Gasteiger charge is -2.02. The van der Waals surface area contributed by atoms with E-state index in [1.807, 2.05) is 48.5 Å². The molecule has 2 aromatic heterocycles. The summed E-state index contributed by atoms with van der Waals surface area (Å²) in [4.78, 5) is 17.7. The molecule has 0 atom stereocenters. The van der Waals surface area contributed by atoms with E-state index in [0.717, 1.165) is 11.4 Å². The van der Waals surface area contributed by atoms with Gasteiger partial charge in [-0.2, -0.15) is 9.90 Å². The molecule has 0 aliphatic heterocycles. The molecule has 22 heavy (non-hydrogen) atoms. The molecule has 0 aliphatic carbocycles. The minimum atomic E-state index is -0.238. The monoisotopic (exact) mass is 293 g/mol. The van der Waals surface area contributed by atoms with Crippen LogP contribution < -0.4 is 5.32 Å². The Morgan fingerprint density at radius 1 is 1.09 bits per heavy atom. The molecule has 0 radical (unpaired) electrons. The largest absolute Gasteiger partial charge is 0.350 e. The van der Waals surface area contributed by atoms with Crippen molar-refractivity contribution in [2.24, 2.45) is 0 Å². The van der Waals surface area contributed by atoms with E-state index < -0.39 is 0 Å². The number of benzene rings is 1. The number of para-hydroxylation sites is 1. The predicted molar refractivity (Wildman–Crippen MR) is 81.6 cm³/mol. The maximum atomic E-state index is 12.0. The lowest BCUT2D eigenvalue weighted by Crippen LogP contribution is -2.26. The molecule has 110 valence electrons. The summed E-state index contributed by atoms with van der Waals surface area (Å²) in [7, 11) is 0. The SMILES string of the molecule is O=C(NCCc1ccccn1)c1cnn(-c2ccccc2)n1. The molecule has 0 fully saturated rings. The van der Waals surface area contributed by atoms with Gasteiger partial charge in [-0.1, -0.05) is 24.3 Å². The van der Waals surface area contributed by atoms with Crippen LogP contribution in [0.1, 0.15) is 16.2 Å². The number of amides is 1. The maximum absolute atomic E-state index is 12.0. The zero-order valence-corrected chi connectivity index (χ0v) is 11.9. The fourth-order valence-electron chi connectivity index (χ4n) is 1.99. The number of nitrogens with zero attached hydrogens (tertiary/aromatic N) is 4. The number of pyridine rings is 1. The Kier molecular flexibility index (Phi) is 4.20. The van der Waals surface area contributed by atoms with Gasteiger partial charge >= 0.3 is 0 Å². The van der Waals surface area contributed by atoms with E-state index in [0.29, 0.717) is 18.7 Å². The second-order valence-corrected chi connectivity index (χ2v) is 4.68. The Balaban J connectivity index is 1.58. The molecule has 6 nitrogen and oxygen atoms in total. The van der Waals surface area contributed by atoms with E-state index in [-0.39, 0.29) is 5.91 Å². The van der Waals surface area contributed by atoms with Crippen LogP contribution in [0, 0.1) is 0 Å². The van der Waals surface area contributed by atoms with Gasteiger partial charge in [0.15, 0.2) is 5.69 Å². The quantitative estimate of drug-likeness (QED) is 0.776. The number of hydrogen-bond donors (Lipinski definition) is 1. The van der Waals surface area contributed by atoms with E-state index in [9.17, 15) is 4.79 Å². The Morgan fingerprint density at radius 2 is 1.91 bits per heavy atom. The van der Waals surface area contributed by atoms with Crippen molar-refractivity contribution in [1.82, 2.24) is 25.3 Å². The first-order chi connectivity index (χ1) is 10.8. The van der Waals surface area contributed by atoms with Crippen LogP contribution in [0.15, 0.2) is 60.9 Å². The van der Waals surface area contributed by atoms with Crippen LogP contribution in [0.2, 0.25) is 0 Å². The van der Waals surface area contributed by atoms with Gasteiger partial charge in [0.05, 0.1) is 11.9 Å². The van der Waals surface area contributed by atoms with E-state index >= 15 is 0 Å². The highest BCUT2D eigenvalue weighted by Gasteiger charge is 2.10. The van der Waals surface area contributed by atoms with Gasteiger partial charge in [0.25, 0.3) is 5.91 Å². The van der Waals surface area contributed by atoms with Crippen LogP contribution in [0.3, 0.4) is 0 Å². The van der Waals surface area contributed by atoms with Crippen molar-refractivity contribution in [3.8, 4) is 5.69 Å². The third-order valence-corrected chi connectivity index (χ3v) is 3.10. The van der Waals surface area contributed by atoms with Gasteiger partial charge in [0.1, 0.15) is 0 Å². The first-order valence-corrected chi connectivity index (χ1v) is 6.99. The number of carbonyl (C=O) groups is 1. The normalized spacial score (nSPS) is 10.4. The highest BCUT2D eigenvalue weighted by atomic mass is 16.2. The van der Waals surface area contributed by atoms with Crippen molar-refractivity contribution < 1.29 is 4.79 Å². The number of nitrogens with one attached hydrogen (secondary N) is 1. The topological polar surface area (TPSA) is 72.7 Å². The molecular weight excluding hydrogens is 278 g/mol. The fourth-order valence-corrected chi connectivity index (χ4v) is 1.99. The zero-order valence-electron chi connectivity index (χ0n) is 11.9. The van der Waals surface area contributed by atoms with E-state index in [1.165, 1.54) is 11.0 Å². The highest BCUT2D eigenvalue weighted by molar-refractivity contribution is 5.91. The first kappa shape index (κ1) is 13.9. The summed E-state index contributed by atoms with van der Waals surface area (Å²) in [6, 6.07) is 15.2. The summed E-state index contributed by atoms with van der Waals surface area (Å²) >= 11 is 0. The number of hydrogen-bond acceptors (Lipinski definition) is 4. The van der Waals surface area contributed by atoms with Crippen LogP contribution in [0.25, 0.3) is 5.69 Å². The van der Waals surface area contributed by atoms with Gasteiger partial charge in [-0.15, -0.1) is 5.10 Å². The van der Waals surface area contributed by atoms with Crippen LogP contribution in [0.5, 0.6) is 0 Å². The minimum absolute atomic E-state index is 0.238. The van der Waals surface area contributed by atoms with E-state index in [2.05, 4.69) is 20.5 Å². The molecule has 0 saturated carbocycles. The Morgan fingerprint density at radius 3 is 2.68 bits per heavy atom. The lowest BCUT2D eigenvalue weighted by atomic mass is 10.2. The van der Waals surface area contributed by atoms with Crippen molar-refractivity contribution in [1.29, 1.82) is 0 Å². The van der Waals surface area contributed by atoms with Crippen molar-refractivity contribution in [3.05, 3.63) is 72.3 Å². The molecule has 1 N–H and O–H groups in total. The minimum Gasteiger partial charge on any atom is -0.350 e. The molecule has 2 heterocycles. The molecule has 1 aromatic carbocycles. The van der Waals surface area contributed by atoms with Crippen LogP contribution >= 0.6 is 0 Å². The third kappa shape index (κ3) is 3.35. The standard InChI is InChI=1S/C16H15N5O/c22-16(18-11-9-13-6-4-5-10-17-13)15-12-19-21(20-15)14-7-2-1-3-8-14/h1-8,10,12H,9,11H2,(H,18,22). The first-order valence-electron chi connectivity index (χ1n) is 6.99. The highest BCUT2D eigenvalue weighted by Crippen LogP contribution is 2.04. The van der Waals surface area contributed by atoms with Crippen molar-refractivity contribution in [2.75, 3.05) is 6.54 Å². The molecule has 0 saturated heterocycles. The summed E-state index contributed by atoms with van der Waals surface area (Å²) in [5.41, 5.74) is 2.05. The fraction of sp³-hybridized carbons (Fsp3) is 0.125. The number of carbonyl (C=O) groups excluding carboxylic acids is 1. The Hall–Kier alpha value is -3.02. The van der Waals surface area contributed by atoms with Gasteiger partial charge in [0.2, 0.25) is 0 Å². The lowest BCUT2D eigenvalue weighted by molar-refractivity contribution is 0.0948. The molecule has 3 rings (SSSR count). The van der Waals surface area contributed by atoms with Crippen molar-refractivity contribution in [2.45, 2.75) is 6.42 Å². The number of rotatable bonds is 5. The van der Waals surface area contributed by atoms with Gasteiger partial charge in [-0.05, 0) is 24.3 Å². The summed E-state index contributed by atoms with van der Waals surface area (Å²) in [6.07, 6.45) is 3.88. The van der Waals surface area contributed by atoms with Crippen LogP contribution in [-0.2, 0) is 6.42 Å². The van der Waals surface area contributed by atoms with E-state index in [4.69, 9.17) is 0 Å². The van der Waals surface area contributed by atoms with Gasteiger partial charge in [-0.3, -0.25) is 9.78 Å². The summed E-state index contributed by atoms with van der Waals surface area (Å²) < 4.78 is 0. The van der Waals surface area contributed by atoms with Gasteiger partial charge in [0, 0.05) is 24.9 Å².